The first-order chi connectivity index (χ1) is 11.4. The second kappa shape index (κ2) is 7.83. The molecule has 0 atom stereocenters. The SMILES string of the molecule is C1=CC(c2ccc([PH]3(c4ccccc4)[CH-]CCCC3)cc2)C=C1.[Fe]. The minimum atomic E-state index is -1.66. The van der Waals surface area contributed by atoms with Crippen molar-refractivity contribution in [3.63, 3.8) is 0 Å². The van der Waals surface area contributed by atoms with Gasteiger partial charge in [0.05, 0.1) is 0 Å². The van der Waals surface area contributed by atoms with Gasteiger partial charge < -0.3 is 0 Å². The molecule has 0 saturated carbocycles. The zero-order valence-corrected chi connectivity index (χ0v) is 15.9. The maximum absolute atomic E-state index is 2.69. The molecule has 0 spiro atoms. The van der Waals surface area contributed by atoms with Crippen molar-refractivity contribution in [2.75, 3.05) is 6.16 Å². The molecule has 0 amide bonds. The van der Waals surface area contributed by atoms with Crippen molar-refractivity contribution in [2.24, 2.45) is 0 Å². The summed E-state index contributed by atoms with van der Waals surface area (Å²) in [7, 11) is -1.66. The van der Waals surface area contributed by atoms with E-state index in [-0.39, 0.29) is 17.1 Å². The summed E-state index contributed by atoms with van der Waals surface area (Å²) in [5, 5.41) is 3.16. The van der Waals surface area contributed by atoms with Gasteiger partial charge in [0.25, 0.3) is 0 Å². The average Bonchev–Trinajstić information content (AvgIpc) is 3.18. The summed E-state index contributed by atoms with van der Waals surface area (Å²) >= 11 is 0. The number of hydrogen-bond donors (Lipinski definition) is 0. The van der Waals surface area contributed by atoms with Gasteiger partial charge in [-0.3, -0.25) is 0 Å². The van der Waals surface area contributed by atoms with E-state index in [0.29, 0.717) is 5.92 Å². The zero-order chi connectivity index (χ0) is 15.5. The van der Waals surface area contributed by atoms with Gasteiger partial charge in [-0.2, -0.15) is 0 Å². The molecule has 1 fully saturated rings. The normalized spacial score (nSPS) is 20.5. The van der Waals surface area contributed by atoms with Gasteiger partial charge in [-0.1, -0.05) is 0 Å². The van der Waals surface area contributed by atoms with Crippen molar-refractivity contribution in [1.29, 1.82) is 0 Å². The summed E-state index contributed by atoms with van der Waals surface area (Å²) < 4.78 is 0. The van der Waals surface area contributed by atoms with Crippen LogP contribution in [0.3, 0.4) is 0 Å². The first-order valence-corrected chi connectivity index (χ1v) is 11.0. The quantitative estimate of drug-likeness (QED) is 0.405. The first-order valence-electron chi connectivity index (χ1n) is 8.74. The summed E-state index contributed by atoms with van der Waals surface area (Å²) in [6.07, 6.45) is 16.9. The molecule has 0 bridgehead atoms. The monoisotopic (exact) mass is 375 g/mol. The minimum absolute atomic E-state index is 0. The molecule has 24 heavy (non-hydrogen) atoms. The van der Waals surface area contributed by atoms with Crippen LogP contribution in [0.25, 0.3) is 0 Å². The molecule has 1 aliphatic carbocycles. The Morgan fingerprint density at radius 3 is 2.08 bits per heavy atom. The van der Waals surface area contributed by atoms with Crippen LogP contribution >= 0.6 is 7.26 Å². The van der Waals surface area contributed by atoms with Gasteiger partial charge in [0.15, 0.2) is 0 Å². The van der Waals surface area contributed by atoms with Crippen molar-refractivity contribution in [3.8, 4) is 0 Å². The summed E-state index contributed by atoms with van der Waals surface area (Å²) in [5.41, 5.74) is 1.41. The van der Waals surface area contributed by atoms with Gasteiger partial charge in [-0.25, -0.2) is 0 Å². The van der Waals surface area contributed by atoms with Crippen LogP contribution in [0.4, 0.5) is 0 Å². The minimum Gasteiger partial charge on any atom is 0 e. The van der Waals surface area contributed by atoms with E-state index in [9.17, 15) is 0 Å². The van der Waals surface area contributed by atoms with Gasteiger partial charge in [0, 0.05) is 17.1 Å². The van der Waals surface area contributed by atoms with Crippen LogP contribution in [0, 0.1) is 6.16 Å². The fourth-order valence-corrected chi connectivity index (χ4v) is 8.72. The molecule has 2 aromatic carbocycles. The van der Waals surface area contributed by atoms with E-state index in [0.717, 1.165) is 0 Å². The van der Waals surface area contributed by atoms with E-state index in [1.54, 1.807) is 10.6 Å². The maximum atomic E-state index is 2.69. The summed E-state index contributed by atoms with van der Waals surface area (Å²) in [5.74, 6) is 0.466. The molecule has 126 valence electrons. The van der Waals surface area contributed by atoms with E-state index in [4.69, 9.17) is 0 Å². The molecule has 0 unspecified atom stereocenters. The van der Waals surface area contributed by atoms with Crippen LogP contribution in [0.5, 0.6) is 0 Å². The van der Waals surface area contributed by atoms with Gasteiger partial charge in [-0.15, -0.1) is 0 Å². The third-order valence-electron chi connectivity index (χ3n) is 5.37. The number of hydrogen-bond acceptors (Lipinski definition) is 0. The van der Waals surface area contributed by atoms with Crippen molar-refractivity contribution < 1.29 is 17.1 Å². The molecular formula is C22H24FeP-. The largest absolute Gasteiger partial charge is 0 e. The Morgan fingerprint density at radius 2 is 1.46 bits per heavy atom. The molecule has 2 aliphatic rings. The second-order valence-electron chi connectivity index (χ2n) is 6.70. The Hall–Kier alpha value is -1.13. The predicted molar refractivity (Wildman–Crippen MR) is 105 cm³/mol. The number of allylic oxidation sites excluding steroid dienone is 4. The molecule has 2 heteroatoms. The first kappa shape index (κ1) is 17.7. The Morgan fingerprint density at radius 1 is 0.792 bits per heavy atom. The van der Waals surface area contributed by atoms with Gasteiger partial charge in [0.2, 0.25) is 0 Å². The Bertz CT molecular complexity index is 697. The zero-order valence-electron chi connectivity index (χ0n) is 13.8. The topological polar surface area (TPSA) is 0 Å². The Labute approximate surface area is 156 Å². The fraction of sp³-hybridized carbons (Fsp3) is 0.227. The molecule has 0 N–H and O–H groups in total. The van der Waals surface area contributed by atoms with Crippen LogP contribution in [0.1, 0.15) is 30.7 Å². The Kier molecular flexibility index (Phi) is 5.77. The molecule has 0 aromatic heterocycles. The molecule has 0 nitrogen and oxygen atoms in total. The molecule has 1 heterocycles. The third kappa shape index (κ3) is 3.31. The summed E-state index contributed by atoms with van der Waals surface area (Å²) in [6, 6.07) is 20.8. The van der Waals surface area contributed by atoms with Crippen LogP contribution < -0.4 is 10.6 Å². The van der Waals surface area contributed by atoms with Gasteiger partial charge >= 0.3 is 140 Å². The maximum Gasteiger partial charge on any atom is 0 e. The van der Waals surface area contributed by atoms with Crippen molar-refractivity contribution in [1.82, 2.24) is 0 Å². The van der Waals surface area contributed by atoms with E-state index >= 15 is 0 Å². The second-order valence-corrected chi connectivity index (χ2v) is 10.7. The van der Waals surface area contributed by atoms with E-state index < -0.39 is 7.26 Å². The van der Waals surface area contributed by atoms with E-state index in [1.165, 1.54) is 31.0 Å². The van der Waals surface area contributed by atoms with Crippen molar-refractivity contribution >= 4 is 17.9 Å². The van der Waals surface area contributed by atoms with Crippen molar-refractivity contribution in [3.05, 3.63) is 90.6 Å². The molecule has 1 saturated heterocycles. The smallest absolute Gasteiger partial charge is 0 e. The predicted octanol–water partition coefficient (Wildman–Crippen LogP) is 4.94. The molecule has 2 aromatic rings. The van der Waals surface area contributed by atoms with Gasteiger partial charge in [-0.05, 0) is 0 Å². The number of rotatable bonds is 3. The molecule has 1 aliphatic heterocycles. The Balaban J connectivity index is 0.00000169. The molecule has 0 radical (unpaired) electrons. The average molecular weight is 375 g/mol. The van der Waals surface area contributed by atoms with Crippen molar-refractivity contribution in [2.45, 2.75) is 25.2 Å². The van der Waals surface area contributed by atoms with Crippen LogP contribution in [-0.2, 0) is 17.1 Å². The standard InChI is InChI=1S/C22H24P.Fe/c1-3-11-21(12-4-1)23(17-7-2-8-18-23)22-15-13-20(14-16-22)19-9-5-6-10-19;/h1,3-6,9-17,19,23H,2,7-8,18H2;/q-1;. The van der Waals surface area contributed by atoms with Crippen LogP contribution in [-0.4, -0.2) is 6.16 Å². The number of benzene rings is 2. The van der Waals surface area contributed by atoms with E-state index in [1.807, 2.05) is 0 Å². The molecular weight excluding hydrogens is 351 g/mol. The fourth-order valence-electron chi connectivity index (χ4n) is 4.08. The summed E-state index contributed by atoms with van der Waals surface area (Å²) in [4.78, 5) is 0. The van der Waals surface area contributed by atoms with Crippen LogP contribution in [0.2, 0.25) is 0 Å². The van der Waals surface area contributed by atoms with E-state index in [2.05, 4.69) is 85.1 Å². The molecule has 4 rings (SSSR count). The summed E-state index contributed by atoms with van der Waals surface area (Å²) in [6.45, 7) is 0. The van der Waals surface area contributed by atoms with Gasteiger partial charge in [0.1, 0.15) is 0 Å². The third-order valence-corrected chi connectivity index (χ3v) is 10.2. The van der Waals surface area contributed by atoms with Crippen LogP contribution in [0.15, 0.2) is 78.9 Å².